The lowest BCUT2D eigenvalue weighted by atomic mass is 10.2. The average molecular weight is 351 g/mol. The number of carbonyl (C=O) groups excluding carboxylic acids is 1. The summed E-state index contributed by atoms with van der Waals surface area (Å²) < 4.78 is 18.6. The van der Waals surface area contributed by atoms with Crippen LogP contribution in [0, 0.1) is 5.82 Å². The Morgan fingerprint density at radius 3 is 2.46 bits per heavy atom. The van der Waals surface area contributed by atoms with Crippen LogP contribution < -0.4 is 10.6 Å². The molecule has 0 unspecified atom stereocenters. The van der Waals surface area contributed by atoms with E-state index in [0.29, 0.717) is 11.5 Å². The standard InChI is InChI=1S/C20H18FN3O2/c21-17-8-6-15(7-9-17)13-24(18-10-11-23-19(22)12-18)20(25)26-14-16-4-2-1-3-5-16/h1-12H,13-14H2,(H2,22,23). The topological polar surface area (TPSA) is 68.5 Å². The molecule has 0 aliphatic rings. The second-order valence-corrected chi connectivity index (χ2v) is 5.69. The van der Waals surface area contributed by atoms with Gasteiger partial charge in [-0.05, 0) is 29.3 Å². The number of pyridine rings is 1. The Kier molecular flexibility index (Phi) is 5.43. The number of carbonyl (C=O) groups is 1. The number of halogens is 1. The maximum absolute atomic E-state index is 13.1. The average Bonchev–Trinajstić information content (AvgIpc) is 2.66. The van der Waals surface area contributed by atoms with E-state index in [2.05, 4.69) is 4.98 Å². The number of ether oxygens (including phenoxy) is 1. The third-order valence-corrected chi connectivity index (χ3v) is 3.76. The van der Waals surface area contributed by atoms with E-state index in [0.717, 1.165) is 11.1 Å². The molecule has 3 rings (SSSR count). The van der Waals surface area contributed by atoms with E-state index in [4.69, 9.17) is 10.5 Å². The highest BCUT2D eigenvalue weighted by Crippen LogP contribution is 2.20. The summed E-state index contributed by atoms with van der Waals surface area (Å²) in [5, 5.41) is 0. The summed E-state index contributed by atoms with van der Waals surface area (Å²) in [4.78, 5) is 18.0. The third kappa shape index (κ3) is 4.57. The molecule has 0 saturated heterocycles. The van der Waals surface area contributed by atoms with E-state index in [1.54, 1.807) is 24.3 Å². The van der Waals surface area contributed by atoms with E-state index >= 15 is 0 Å². The largest absolute Gasteiger partial charge is 0.444 e. The van der Waals surface area contributed by atoms with Crippen molar-refractivity contribution in [1.29, 1.82) is 0 Å². The molecule has 1 amide bonds. The monoisotopic (exact) mass is 351 g/mol. The quantitative estimate of drug-likeness (QED) is 0.750. The zero-order valence-corrected chi connectivity index (χ0v) is 14.0. The number of rotatable bonds is 5. The molecule has 0 saturated carbocycles. The van der Waals surface area contributed by atoms with Crippen molar-refractivity contribution in [3.63, 3.8) is 0 Å². The van der Waals surface area contributed by atoms with Gasteiger partial charge in [0.15, 0.2) is 0 Å². The maximum Gasteiger partial charge on any atom is 0.414 e. The molecule has 0 spiro atoms. The molecule has 0 aliphatic heterocycles. The van der Waals surface area contributed by atoms with Gasteiger partial charge in [0.25, 0.3) is 0 Å². The lowest BCUT2D eigenvalue weighted by molar-refractivity contribution is 0.146. The molecule has 0 fully saturated rings. The molecule has 26 heavy (non-hydrogen) atoms. The van der Waals surface area contributed by atoms with Crippen molar-refractivity contribution in [2.75, 3.05) is 10.6 Å². The Hall–Kier alpha value is -3.41. The first-order valence-corrected chi connectivity index (χ1v) is 8.06. The number of benzene rings is 2. The summed E-state index contributed by atoms with van der Waals surface area (Å²) in [5.74, 6) is -0.0393. The van der Waals surface area contributed by atoms with Crippen molar-refractivity contribution in [3.05, 3.63) is 89.9 Å². The molecule has 0 aliphatic carbocycles. The van der Waals surface area contributed by atoms with Crippen LogP contribution in [-0.4, -0.2) is 11.1 Å². The number of hydrogen-bond acceptors (Lipinski definition) is 4. The minimum Gasteiger partial charge on any atom is -0.444 e. The molecular formula is C20H18FN3O2. The van der Waals surface area contributed by atoms with Gasteiger partial charge in [-0.25, -0.2) is 14.2 Å². The lowest BCUT2D eigenvalue weighted by Crippen LogP contribution is -2.31. The molecule has 132 valence electrons. The van der Waals surface area contributed by atoms with E-state index in [-0.39, 0.29) is 19.0 Å². The Bertz CT molecular complexity index is 870. The number of aromatic nitrogens is 1. The van der Waals surface area contributed by atoms with Gasteiger partial charge in [-0.2, -0.15) is 0 Å². The second kappa shape index (κ2) is 8.11. The fourth-order valence-corrected chi connectivity index (χ4v) is 2.44. The number of anilines is 2. The lowest BCUT2D eigenvalue weighted by Gasteiger charge is -2.22. The minimum atomic E-state index is -0.524. The minimum absolute atomic E-state index is 0.153. The molecule has 3 aromatic rings. The fourth-order valence-electron chi connectivity index (χ4n) is 2.44. The zero-order valence-electron chi connectivity index (χ0n) is 14.0. The van der Waals surface area contributed by atoms with E-state index in [9.17, 15) is 9.18 Å². The normalized spacial score (nSPS) is 10.3. The third-order valence-electron chi connectivity index (χ3n) is 3.76. The van der Waals surface area contributed by atoms with Gasteiger partial charge in [0.05, 0.1) is 12.2 Å². The van der Waals surface area contributed by atoms with Crippen molar-refractivity contribution >= 4 is 17.6 Å². The molecular weight excluding hydrogens is 333 g/mol. The molecule has 2 N–H and O–H groups in total. The van der Waals surface area contributed by atoms with Crippen molar-refractivity contribution in [2.24, 2.45) is 0 Å². The first-order valence-electron chi connectivity index (χ1n) is 8.06. The first-order chi connectivity index (χ1) is 12.6. The smallest absolute Gasteiger partial charge is 0.414 e. The zero-order chi connectivity index (χ0) is 18.4. The van der Waals surface area contributed by atoms with Crippen LogP contribution in [0.5, 0.6) is 0 Å². The van der Waals surface area contributed by atoms with Gasteiger partial charge in [0, 0.05) is 12.3 Å². The Balaban J connectivity index is 1.79. The SMILES string of the molecule is Nc1cc(N(Cc2ccc(F)cc2)C(=O)OCc2ccccc2)ccn1. The van der Waals surface area contributed by atoms with Gasteiger partial charge in [-0.3, -0.25) is 4.90 Å². The van der Waals surface area contributed by atoms with Crippen LogP contribution in [0.25, 0.3) is 0 Å². The van der Waals surface area contributed by atoms with Crippen LogP contribution >= 0.6 is 0 Å². The summed E-state index contributed by atoms with van der Waals surface area (Å²) in [6.07, 6.45) is 0.996. The summed E-state index contributed by atoms with van der Waals surface area (Å²) in [5.41, 5.74) is 7.94. The van der Waals surface area contributed by atoms with E-state index in [1.165, 1.54) is 23.2 Å². The van der Waals surface area contributed by atoms with Gasteiger partial charge in [0.2, 0.25) is 0 Å². The number of nitrogens with zero attached hydrogens (tertiary/aromatic N) is 2. The number of nitrogen functional groups attached to an aromatic ring is 1. The van der Waals surface area contributed by atoms with Gasteiger partial charge >= 0.3 is 6.09 Å². The van der Waals surface area contributed by atoms with Gasteiger partial charge in [-0.1, -0.05) is 42.5 Å². The molecule has 1 heterocycles. The van der Waals surface area contributed by atoms with Gasteiger partial charge in [0.1, 0.15) is 18.2 Å². The maximum atomic E-state index is 13.1. The van der Waals surface area contributed by atoms with Gasteiger partial charge < -0.3 is 10.5 Å². The predicted molar refractivity (Wildman–Crippen MR) is 97.9 cm³/mol. The van der Waals surface area contributed by atoms with Crippen LogP contribution in [0.2, 0.25) is 0 Å². The van der Waals surface area contributed by atoms with Crippen LogP contribution in [-0.2, 0) is 17.9 Å². The Morgan fingerprint density at radius 1 is 1.04 bits per heavy atom. The molecule has 5 nitrogen and oxygen atoms in total. The summed E-state index contributed by atoms with van der Waals surface area (Å²) >= 11 is 0. The van der Waals surface area contributed by atoms with Crippen LogP contribution in [0.1, 0.15) is 11.1 Å². The van der Waals surface area contributed by atoms with Crippen molar-refractivity contribution in [1.82, 2.24) is 4.98 Å². The summed E-state index contributed by atoms with van der Waals surface area (Å²) in [6, 6.07) is 18.6. The molecule has 0 radical (unpaired) electrons. The molecule has 1 aromatic heterocycles. The molecule has 0 atom stereocenters. The first kappa shape index (κ1) is 17.4. The molecule has 6 heteroatoms. The number of nitrogens with two attached hydrogens (primary N) is 1. The Labute approximate surface area is 150 Å². The van der Waals surface area contributed by atoms with Crippen molar-refractivity contribution in [3.8, 4) is 0 Å². The van der Waals surface area contributed by atoms with E-state index in [1.807, 2.05) is 30.3 Å². The van der Waals surface area contributed by atoms with Crippen LogP contribution in [0.3, 0.4) is 0 Å². The highest BCUT2D eigenvalue weighted by Gasteiger charge is 2.18. The highest BCUT2D eigenvalue weighted by atomic mass is 19.1. The van der Waals surface area contributed by atoms with Crippen LogP contribution in [0.4, 0.5) is 20.7 Å². The van der Waals surface area contributed by atoms with E-state index < -0.39 is 6.09 Å². The fraction of sp³-hybridized carbons (Fsp3) is 0.100. The van der Waals surface area contributed by atoms with Gasteiger partial charge in [-0.15, -0.1) is 0 Å². The molecule has 2 aromatic carbocycles. The van der Waals surface area contributed by atoms with Crippen LogP contribution in [0.15, 0.2) is 72.9 Å². The van der Waals surface area contributed by atoms with Crippen molar-refractivity contribution in [2.45, 2.75) is 13.2 Å². The van der Waals surface area contributed by atoms with Crippen molar-refractivity contribution < 1.29 is 13.9 Å². The highest BCUT2D eigenvalue weighted by molar-refractivity contribution is 5.87. The summed E-state index contributed by atoms with van der Waals surface area (Å²) in [6.45, 7) is 0.373. The number of hydrogen-bond donors (Lipinski definition) is 1. The Morgan fingerprint density at radius 2 is 1.77 bits per heavy atom. The second-order valence-electron chi connectivity index (χ2n) is 5.69. The predicted octanol–water partition coefficient (Wildman–Crippen LogP) is 4.15. The molecule has 0 bridgehead atoms. The number of amides is 1. The summed E-state index contributed by atoms with van der Waals surface area (Å²) in [7, 11) is 0.